The second-order valence-corrected chi connectivity index (χ2v) is 7.91. The number of hydrazone groups is 1. The largest absolute Gasteiger partial charge is 0.506 e. The molecule has 1 amide bonds. The number of nitrogens with zero attached hydrogens (tertiary/aromatic N) is 1. The molecular formula is C19H15I2N3O2. The number of amides is 1. The summed E-state index contributed by atoms with van der Waals surface area (Å²) in [7, 11) is 0. The summed E-state index contributed by atoms with van der Waals surface area (Å²) in [6.45, 7) is 0.0984. The van der Waals surface area contributed by atoms with Crippen molar-refractivity contribution in [2.24, 2.45) is 5.10 Å². The highest BCUT2D eigenvalue weighted by Gasteiger charge is 2.06. The predicted molar refractivity (Wildman–Crippen MR) is 122 cm³/mol. The van der Waals surface area contributed by atoms with Gasteiger partial charge in [0, 0.05) is 20.2 Å². The van der Waals surface area contributed by atoms with Crippen molar-refractivity contribution >= 4 is 73.8 Å². The van der Waals surface area contributed by atoms with Crippen molar-refractivity contribution in [3.63, 3.8) is 0 Å². The van der Waals surface area contributed by atoms with Crippen LogP contribution in [0, 0.1) is 7.14 Å². The van der Waals surface area contributed by atoms with Crippen LogP contribution in [0.5, 0.6) is 5.75 Å². The molecule has 0 radical (unpaired) electrons. The fourth-order valence-electron chi connectivity index (χ4n) is 2.45. The molecule has 3 aromatic carbocycles. The zero-order valence-corrected chi connectivity index (χ0v) is 17.9. The van der Waals surface area contributed by atoms with Crippen LogP contribution in [0.15, 0.2) is 59.7 Å². The zero-order chi connectivity index (χ0) is 18.5. The van der Waals surface area contributed by atoms with Gasteiger partial charge in [-0.2, -0.15) is 5.10 Å². The molecule has 0 spiro atoms. The number of hydrogen-bond acceptors (Lipinski definition) is 4. The minimum absolute atomic E-state index is 0.0984. The number of phenolic OH excluding ortho intramolecular Hbond substituents is 1. The predicted octanol–water partition coefficient (Wildman–Crippen LogP) is 4.32. The number of hydrogen-bond donors (Lipinski definition) is 3. The second kappa shape index (κ2) is 8.67. The zero-order valence-electron chi connectivity index (χ0n) is 13.5. The van der Waals surface area contributed by atoms with Crippen molar-refractivity contribution in [2.75, 3.05) is 11.9 Å². The first-order valence-corrected chi connectivity index (χ1v) is 9.92. The highest BCUT2D eigenvalue weighted by molar-refractivity contribution is 14.1. The van der Waals surface area contributed by atoms with E-state index < -0.39 is 0 Å². The molecule has 0 aliphatic heterocycles. The molecule has 0 fully saturated rings. The summed E-state index contributed by atoms with van der Waals surface area (Å²) < 4.78 is 1.72. The normalized spacial score (nSPS) is 11.0. The molecule has 0 heterocycles. The quantitative estimate of drug-likeness (QED) is 0.243. The van der Waals surface area contributed by atoms with Crippen molar-refractivity contribution < 1.29 is 9.90 Å². The second-order valence-electron chi connectivity index (χ2n) is 5.50. The lowest BCUT2D eigenvalue weighted by Gasteiger charge is -2.09. The van der Waals surface area contributed by atoms with Gasteiger partial charge in [-0.25, -0.2) is 5.43 Å². The molecule has 0 unspecified atom stereocenters. The smallest absolute Gasteiger partial charge is 0.259 e. The Morgan fingerprint density at radius 3 is 2.73 bits per heavy atom. The van der Waals surface area contributed by atoms with Crippen LogP contribution >= 0.6 is 45.2 Å². The van der Waals surface area contributed by atoms with Crippen LogP contribution in [-0.4, -0.2) is 23.8 Å². The van der Waals surface area contributed by atoms with Gasteiger partial charge in [0.15, 0.2) is 0 Å². The molecule has 3 aromatic rings. The first kappa shape index (κ1) is 18.9. The molecule has 0 aliphatic carbocycles. The lowest BCUT2D eigenvalue weighted by atomic mass is 10.1. The van der Waals surface area contributed by atoms with E-state index in [0.29, 0.717) is 5.56 Å². The molecular weight excluding hydrogens is 556 g/mol. The van der Waals surface area contributed by atoms with Crippen LogP contribution in [0.3, 0.4) is 0 Å². The summed E-state index contributed by atoms with van der Waals surface area (Å²) in [6, 6.07) is 17.5. The van der Waals surface area contributed by atoms with Crippen molar-refractivity contribution in [3.05, 3.63) is 67.3 Å². The van der Waals surface area contributed by atoms with Gasteiger partial charge in [0.1, 0.15) is 5.75 Å². The molecule has 5 nitrogen and oxygen atoms in total. The van der Waals surface area contributed by atoms with Crippen molar-refractivity contribution in [3.8, 4) is 5.75 Å². The fourth-order valence-corrected chi connectivity index (χ4v) is 4.34. The Labute approximate surface area is 178 Å². The number of rotatable bonds is 5. The summed E-state index contributed by atoms with van der Waals surface area (Å²) in [4.78, 5) is 12.0. The molecule has 132 valence electrons. The van der Waals surface area contributed by atoms with E-state index in [1.165, 1.54) is 6.21 Å². The highest BCUT2D eigenvalue weighted by atomic mass is 127. The molecule has 26 heavy (non-hydrogen) atoms. The van der Waals surface area contributed by atoms with Crippen LogP contribution in [0.1, 0.15) is 5.56 Å². The Bertz CT molecular complexity index is 984. The number of carbonyl (C=O) groups excluding carboxylic acids is 1. The lowest BCUT2D eigenvalue weighted by Crippen LogP contribution is -2.25. The molecule has 0 aliphatic rings. The number of carbonyl (C=O) groups is 1. The number of phenols is 1. The summed E-state index contributed by atoms with van der Waals surface area (Å²) in [5.74, 6) is -0.119. The third-order valence-corrected chi connectivity index (χ3v) is 5.12. The van der Waals surface area contributed by atoms with Gasteiger partial charge in [0.25, 0.3) is 5.91 Å². The van der Waals surface area contributed by atoms with Gasteiger partial charge in [0.2, 0.25) is 0 Å². The van der Waals surface area contributed by atoms with Crippen LogP contribution in [-0.2, 0) is 4.79 Å². The number of anilines is 1. The average Bonchev–Trinajstić information content (AvgIpc) is 2.63. The van der Waals surface area contributed by atoms with E-state index in [1.807, 2.05) is 48.5 Å². The molecule has 0 aromatic heterocycles. The monoisotopic (exact) mass is 571 g/mol. The number of benzene rings is 3. The van der Waals surface area contributed by atoms with Crippen LogP contribution in [0.4, 0.5) is 5.69 Å². The molecule has 3 N–H and O–H groups in total. The summed E-state index contributed by atoms with van der Waals surface area (Å²) in [6.07, 6.45) is 1.44. The Balaban J connectivity index is 1.61. The summed E-state index contributed by atoms with van der Waals surface area (Å²) in [5.41, 5.74) is 3.92. The lowest BCUT2D eigenvalue weighted by molar-refractivity contribution is -0.119. The Hall–Kier alpha value is -1.88. The molecule has 3 rings (SSSR count). The maximum atomic E-state index is 12.0. The van der Waals surface area contributed by atoms with Crippen molar-refractivity contribution in [2.45, 2.75) is 0 Å². The molecule has 0 saturated heterocycles. The van der Waals surface area contributed by atoms with E-state index in [9.17, 15) is 9.90 Å². The Kier molecular flexibility index (Phi) is 6.30. The maximum Gasteiger partial charge on any atom is 0.259 e. The summed E-state index contributed by atoms with van der Waals surface area (Å²) in [5, 5.41) is 19.2. The molecule has 0 saturated carbocycles. The van der Waals surface area contributed by atoms with Gasteiger partial charge < -0.3 is 10.4 Å². The first-order valence-electron chi connectivity index (χ1n) is 7.76. The van der Waals surface area contributed by atoms with Gasteiger partial charge in [-0.15, -0.1) is 0 Å². The SMILES string of the molecule is O=C(CNc1cccc2ccccc12)N/N=C/c1cc(I)cc(I)c1O. The topological polar surface area (TPSA) is 73.7 Å². The van der Waals surface area contributed by atoms with E-state index >= 15 is 0 Å². The van der Waals surface area contributed by atoms with Gasteiger partial charge in [0.05, 0.1) is 16.3 Å². The molecule has 0 atom stereocenters. The minimum atomic E-state index is -0.269. The Morgan fingerprint density at radius 2 is 1.88 bits per heavy atom. The highest BCUT2D eigenvalue weighted by Crippen LogP contribution is 2.25. The standard InChI is InChI=1S/C19H15I2N3O2/c20-14-8-13(19(26)16(21)9-14)10-23-24-18(25)11-22-17-7-3-5-12-4-1-2-6-15(12)17/h1-10,22,26H,11H2,(H,24,25)/b23-10+. The molecule has 7 heteroatoms. The van der Waals surface area contributed by atoms with Gasteiger partial charge in [-0.05, 0) is 68.8 Å². The van der Waals surface area contributed by atoms with Gasteiger partial charge in [-0.3, -0.25) is 4.79 Å². The number of halogens is 2. The van der Waals surface area contributed by atoms with Crippen molar-refractivity contribution in [1.82, 2.24) is 5.43 Å². The van der Waals surface area contributed by atoms with Crippen LogP contribution in [0.25, 0.3) is 10.8 Å². The minimum Gasteiger partial charge on any atom is -0.506 e. The van der Waals surface area contributed by atoms with E-state index in [1.54, 1.807) is 6.07 Å². The third kappa shape index (κ3) is 4.64. The number of aromatic hydroxyl groups is 1. The number of nitrogens with one attached hydrogen (secondary N) is 2. The van der Waals surface area contributed by atoms with Gasteiger partial charge in [-0.1, -0.05) is 36.4 Å². The average molecular weight is 571 g/mol. The maximum absolute atomic E-state index is 12.0. The van der Waals surface area contributed by atoms with Crippen LogP contribution < -0.4 is 10.7 Å². The summed E-state index contributed by atoms with van der Waals surface area (Å²) >= 11 is 4.22. The van der Waals surface area contributed by atoms with E-state index in [4.69, 9.17) is 0 Å². The Morgan fingerprint density at radius 1 is 1.12 bits per heavy atom. The number of fused-ring (bicyclic) bond motifs is 1. The van der Waals surface area contributed by atoms with E-state index in [2.05, 4.69) is 61.0 Å². The fraction of sp³-hybridized carbons (Fsp3) is 0.0526. The van der Waals surface area contributed by atoms with Crippen molar-refractivity contribution in [1.29, 1.82) is 0 Å². The molecule has 0 bridgehead atoms. The first-order chi connectivity index (χ1) is 12.5. The van der Waals surface area contributed by atoms with Crippen LogP contribution in [0.2, 0.25) is 0 Å². The van der Waals surface area contributed by atoms with E-state index in [-0.39, 0.29) is 18.2 Å². The van der Waals surface area contributed by atoms with E-state index in [0.717, 1.165) is 23.6 Å². The van der Waals surface area contributed by atoms with Gasteiger partial charge >= 0.3 is 0 Å². The third-order valence-electron chi connectivity index (χ3n) is 3.68.